The molecule has 6 aromatic carbocycles. The van der Waals surface area contributed by atoms with Crippen LogP contribution in [0.25, 0.3) is 0 Å². The quantitative estimate of drug-likeness (QED) is 0.0372. The van der Waals surface area contributed by atoms with Crippen molar-refractivity contribution in [1.82, 2.24) is 0 Å². The summed E-state index contributed by atoms with van der Waals surface area (Å²) in [6, 6.07) is 38.9. The number of alkyl halides is 13. The Hall–Kier alpha value is -8.52. The van der Waals surface area contributed by atoms with Crippen molar-refractivity contribution in [1.29, 1.82) is 0 Å². The van der Waals surface area contributed by atoms with E-state index >= 15 is 0 Å². The summed E-state index contributed by atoms with van der Waals surface area (Å²) in [7, 11) is 0. The van der Waals surface area contributed by atoms with Crippen molar-refractivity contribution in [2.45, 2.75) is 128 Å². The lowest BCUT2D eigenvalue weighted by molar-refractivity contribution is -0.441. The van der Waals surface area contributed by atoms with E-state index in [2.05, 4.69) is 63.9 Å². The fraction of sp³-hybridized carbons (Fsp3) is 0.319. The van der Waals surface area contributed by atoms with Crippen molar-refractivity contribution < 1.29 is 71.3 Å². The highest BCUT2D eigenvalue weighted by molar-refractivity contribution is 5.78. The third kappa shape index (κ3) is 16.9. The molecule has 0 saturated carbocycles. The SMILES string of the molecule is Cc1ccc(C#Cc2c(C#Cc3ccc(C)cc3)c(C#Cc3ccc(C)cc3)c(OCCCCCCCCCCC(=O)OCC(F)(F)C(F)(F)C(F)(F)C(F)(F)C(F)(F)C(F)(F)F)c(C#Cc3ccc(C)cc3)c2C#Cc2ccc(C)cc2)cc1. The zero-order valence-corrected chi connectivity index (χ0v) is 47.0. The summed E-state index contributed by atoms with van der Waals surface area (Å²) in [5, 5.41) is 0. The van der Waals surface area contributed by atoms with E-state index in [1.54, 1.807) is 0 Å². The van der Waals surface area contributed by atoms with Crippen molar-refractivity contribution in [3.8, 4) is 65.0 Å². The van der Waals surface area contributed by atoms with E-state index in [0.717, 1.165) is 55.6 Å². The van der Waals surface area contributed by atoms with Crippen LogP contribution in [0.5, 0.6) is 5.75 Å². The van der Waals surface area contributed by atoms with Crippen molar-refractivity contribution in [3.63, 3.8) is 0 Å². The van der Waals surface area contributed by atoms with Gasteiger partial charge in [0.15, 0.2) is 12.4 Å². The molecule has 0 bridgehead atoms. The first-order chi connectivity index (χ1) is 40.0. The predicted octanol–water partition coefficient (Wildman–Crippen LogP) is 17.4. The summed E-state index contributed by atoms with van der Waals surface area (Å²) < 4.78 is 186. The van der Waals surface area contributed by atoms with Crippen molar-refractivity contribution >= 4 is 5.97 Å². The molecule has 0 aromatic heterocycles. The number of unbranched alkanes of at least 4 members (excludes halogenated alkanes) is 7. The molecule has 0 N–H and O–H groups in total. The molecule has 442 valence electrons. The van der Waals surface area contributed by atoms with Gasteiger partial charge in [0.2, 0.25) is 0 Å². The van der Waals surface area contributed by atoms with Gasteiger partial charge in [0, 0.05) is 34.2 Å². The van der Waals surface area contributed by atoms with Crippen LogP contribution in [-0.4, -0.2) is 55.0 Å². The van der Waals surface area contributed by atoms with Gasteiger partial charge in [-0.2, -0.15) is 57.1 Å². The number of aryl methyl sites for hydroxylation is 5. The number of hydrogen-bond acceptors (Lipinski definition) is 3. The first kappa shape index (κ1) is 65.6. The van der Waals surface area contributed by atoms with Crippen LogP contribution >= 0.6 is 0 Å². The Morgan fingerprint density at radius 3 is 0.929 bits per heavy atom. The average molecular weight is 1180 g/mol. The lowest BCUT2D eigenvalue weighted by Crippen LogP contribution is -2.70. The molecule has 0 spiro atoms. The highest BCUT2D eigenvalue weighted by Gasteiger charge is 2.90. The van der Waals surface area contributed by atoms with Gasteiger partial charge in [-0.15, -0.1) is 0 Å². The lowest BCUT2D eigenvalue weighted by atomic mass is 9.89. The minimum absolute atomic E-state index is 0.0873. The Morgan fingerprint density at radius 1 is 0.341 bits per heavy atom. The Labute approximate surface area is 486 Å². The lowest BCUT2D eigenvalue weighted by Gasteiger charge is -2.39. The number of rotatable bonds is 18. The first-order valence-electron chi connectivity index (χ1n) is 27.0. The first-order valence-corrected chi connectivity index (χ1v) is 27.0. The van der Waals surface area contributed by atoms with Crippen LogP contribution in [0, 0.1) is 93.8 Å². The molecule has 0 aliphatic heterocycles. The number of ether oxygens (including phenoxy) is 2. The van der Waals surface area contributed by atoms with Crippen LogP contribution in [0.4, 0.5) is 57.1 Å². The van der Waals surface area contributed by atoms with E-state index in [1.165, 1.54) is 0 Å². The maximum atomic E-state index is 14.1. The Kier molecular flexibility index (Phi) is 21.9. The summed E-state index contributed by atoms with van der Waals surface area (Å²) in [6.45, 7) is 7.09. The molecule has 0 saturated heterocycles. The molecule has 0 amide bonds. The van der Waals surface area contributed by atoms with Crippen molar-refractivity contribution in [3.05, 3.63) is 205 Å². The molecule has 0 atom stereocenters. The maximum Gasteiger partial charge on any atom is 0.460 e. The molecule has 85 heavy (non-hydrogen) atoms. The number of benzene rings is 6. The van der Waals surface area contributed by atoms with Gasteiger partial charge in [0.25, 0.3) is 0 Å². The second-order valence-corrected chi connectivity index (χ2v) is 20.4. The minimum atomic E-state index is -8.04. The second kappa shape index (κ2) is 28.4. The van der Waals surface area contributed by atoms with E-state index < -0.39 is 54.8 Å². The van der Waals surface area contributed by atoms with E-state index in [-0.39, 0.29) is 19.4 Å². The summed E-state index contributed by atoms with van der Waals surface area (Å²) in [5.74, 6) is -5.21. The Balaban J connectivity index is 1.26. The van der Waals surface area contributed by atoms with Gasteiger partial charge in [-0.25, -0.2) is 0 Å². The van der Waals surface area contributed by atoms with Gasteiger partial charge in [-0.05, 0) is 108 Å². The largest absolute Gasteiger partial charge is 0.491 e. The van der Waals surface area contributed by atoms with Crippen LogP contribution in [-0.2, 0) is 9.53 Å². The van der Waals surface area contributed by atoms with Crippen LogP contribution < -0.4 is 4.74 Å². The molecule has 0 heterocycles. The zero-order valence-electron chi connectivity index (χ0n) is 47.0. The van der Waals surface area contributed by atoms with Crippen LogP contribution in [0.3, 0.4) is 0 Å². The van der Waals surface area contributed by atoms with Crippen molar-refractivity contribution in [2.24, 2.45) is 0 Å². The minimum Gasteiger partial charge on any atom is -0.491 e. The van der Waals surface area contributed by atoms with Gasteiger partial charge < -0.3 is 9.47 Å². The number of halogens is 13. The molecule has 0 radical (unpaired) electrons. The number of carbonyl (C=O) groups is 1. The fourth-order valence-corrected chi connectivity index (χ4v) is 8.09. The summed E-state index contributed by atoms with van der Waals surface area (Å²) in [6.07, 6.45) is -4.44. The van der Waals surface area contributed by atoms with Gasteiger partial charge in [-0.3, -0.25) is 4.79 Å². The van der Waals surface area contributed by atoms with Gasteiger partial charge >= 0.3 is 41.8 Å². The average Bonchev–Trinajstić information content (AvgIpc) is 0.897. The molecular weight excluding hydrogens is 1120 g/mol. The van der Waals surface area contributed by atoms with Crippen LogP contribution in [0.1, 0.15) is 141 Å². The third-order valence-electron chi connectivity index (χ3n) is 13.3. The van der Waals surface area contributed by atoms with E-state index in [4.69, 9.17) is 4.74 Å². The molecule has 0 fully saturated rings. The second-order valence-electron chi connectivity index (χ2n) is 20.4. The smallest absolute Gasteiger partial charge is 0.460 e. The molecule has 6 aromatic rings. The topological polar surface area (TPSA) is 35.5 Å². The monoisotopic (exact) mass is 1180 g/mol. The maximum absolute atomic E-state index is 14.1. The van der Waals surface area contributed by atoms with E-state index in [9.17, 15) is 61.9 Å². The predicted molar refractivity (Wildman–Crippen MR) is 301 cm³/mol. The third-order valence-corrected chi connectivity index (χ3v) is 13.3. The number of hydrogen-bond donors (Lipinski definition) is 0. The molecule has 0 unspecified atom stereocenters. The van der Waals surface area contributed by atoms with Gasteiger partial charge in [-0.1, -0.05) is 186 Å². The fourth-order valence-electron chi connectivity index (χ4n) is 8.09. The molecular formula is C69H57F13O3. The highest BCUT2D eigenvalue weighted by atomic mass is 19.4. The van der Waals surface area contributed by atoms with Crippen LogP contribution in [0.2, 0.25) is 0 Å². The number of esters is 1. The summed E-state index contributed by atoms with van der Waals surface area (Å²) >= 11 is 0. The highest BCUT2D eigenvalue weighted by Crippen LogP contribution is 2.60. The summed E-state index contributed by atoms with van der Waals surface area (Å²) in [5.41, 5.74) is 11.3. The van der Waals surface area contributed by atoms with Gasteiger partial charge in [0.1, 0.15) is 0 Å². The normalized spacial score (nSPS) is 11.7. The van der Waals surface area contributed by atoms with Crippen molar-refractivity contribution in [2.75, 3.05) is 13.2 Å². The molecule has 6 rings (SSSR count). The number of carbonyl (C=O) groups excluding carboxylic acids is 1. The van der Waals surface area contributed by atoms with E-state index in [0.29, 0.717) is 72.1 Å². The zero-order chi connectivity index (χ0) is 62.2. The molecule has 16 heteroatoms. The molecule has 3 nitrogen and oxygen atoms in total. The Bertz CT molecular complexity index is 3470. The Morgan fingerprint density at radius 2 is 0.612 bits per heavy atom. The van der Waals surface area contributed by atoms with Crippen LogP contribution in [0.15, 0.2) is 121 Å². The molecule has 0 aliphatic carbocycles. The van der Waals surface area contributed by atoms with Gasteiger partial charge in [0.05, 0.1) is 34.4 Å². The van der Waals surface area contributed by atoms with E-state index in [1.807, 2.05) is 156 Å². The summed E-state index contributed by atoms with van der Waals surface area (Å²) in [4.78, 5) is 12.1. The standard InChI is InChI=1S/C69H57F13O3/c1-47-15-25-52(26-16-47)35-40-57-58(41-36-53-27-17-48(2)18-28-53)60(43-38-55-31-21-50(4)22-32-55)63(61(44-39-56-33-23-51(5)24-34-56)59(57)42-37-54-29-19-49(3)20-30-54)84-45-13-11-9-7-6-8-10-12-14-62(83)85-46-64(70,71)65(72,73)66(74,75)67(76,77)68(78,79)69(80,81)82/h15-34H,6-14,45-46H2,1-5H3. The molecule has 0 aliphatic rings.